The molecule has 0 saturated heterocycles. The Morgan fingerprint density at radius 3 is 2.90 bits per heavy atom. The van der Waals surface area contributed by atoms with E-state index < -0.39 is 0 Å². The summed E-state index contributed by atoms with van der Waals surface area (Å²) in [5.41, 5.74) is 5.31. The third-order valence-electron chi connectivity index (χ3n) is 1.12. The van der Waals surface area contributed by atoms with Crippen LogP contribution in [0.1, 0.15) is 12.2 Å². The molecule has 0 fully saturated rings. The van der Waals surface area contributed by atoms with E-state index in [0.717, 1.165) is 18.7 Å². The quantitative estimate of drug-likeness (QED) is 0.753. The molecule has 0 aliphatic rings. The Kier molecular flexibility index (Phi) is 2.82. The molecule has 0 aliphatic carbocycles. The van der Waals surface area contributed by atoms with Crippen LogP contribution in [0.15, 0.2) is 4.73 Å². The number of aryl methyl sites for hydroxylation is 1. The number of aromatic amines is 1. The smallest absolute Gasteiger partial charge is 0.217 e. The molecule has 0 unspecified atom stereocenters. The Morgan fingerprint density at radius 1 is 1.60 bits per heavy atom. The van der Waals surface area contributed by atoms with Crippen molar-refractivity contribution in [1.29, 1.82) is 0 Å². The second kappa shape index (κ2) is 3.68. The van der Waals surface area contributed by atoms with Crippen molar-refractivity contribution in [3.63, 3.8) is 0 Å². The van der Waals surface area contributed by atoms with Crippen LogP contribution in [0.5, 0.6) is 0 Å². The first kappa shape index (κ1) is 7.68. The van der Waals surface area contributed by atoms with Gasteiger partial charge in [-0.2, -0.15) is 0 Å². The molecule has 1 aromatic heterocycles. The van der Waals surface area contributed by atoms with E-state index in [-0.39, 0.29) is 0 Å². The number of nitrogens with one attached hydrogen (secondary N) is 1. The predicted octanol–water partition coefficient (Wildman–Crippen LogP) is 0.459. The SMILES string of the molecule is NCCCc1nc(Br)n[nH]1. The fourth-order valence-corrected chi connectivity index (χ4v) is 0.956. The van der Waals surface area contributed by atoms with Gasteiger partial charge in [-0.05, 0) is 28.9 Å². The van der Waals surface area contributed by atoms with Crippen molar-refractivity contribution in [3.05, 3.63) is 10.6 Å². The predicted molar refractivity (Wildman–Crippen MR) is 41.5 cm³/mol. The third kappa shape index (κ3) is 2.07. The Balaban J connectivity index is 2.42. The Bertz CT molecular complexity index is 197. The molecule has 56 valence electrons. The summed E-state index contributed by atoms with van der Waals surface area (Å²) in [6.45, 7) is 0.693. The Labute approximate surface area is 67.4 Å². The second-order valence-corrected chi connectivity index (χ2v) is 2.65. The summed E-state index contributed by atoms with van der Waals surface area (Å²) >= 11 is 3.14. The number of halogens is 1. The van der Waals surface area contributed by atoms with Gasteiger partial charge in [-0.15, -0.1) is 5.10 Å². The molecule has 0 bridgehead atoms. The first-order chi connectivity index (χ1) is 4.83. The maximum Gasteiger partial charge on any atom is 0.217 e. The van der Waals surface area contributed by atoms with Crippen LogP contribution in [-0.4, -0.2) is 21.7 Å². The number of hydrogen-bond acceptors (Lipinski definition) is 3. The first-order valence-corrected chi connectivity index (χ1v) is 3.89. The minimum absolute atomic E-state index is 0.611. The van der Waals surface area contributed by atoms with E-state index in [9.17, 15) is 0 Å². The molecule has 0 radical (unpaired) electrons. The molecule has 0 spiro atoms. The van der Waals surface area contributed by atoms with Gasteiger partial charge in [0.1, 0.15) is 5.82 Å². The number of nitrogens with zero attached hydrogens (tertiary/aromatic N) is 2. The van der Waals surface area contributed by atoms with Gasteiger partial charge in [-0.25, -0.2) is 4.98 Å². The van der Waals surface area contributed by atoms with Gasteiger partial charge < -0.3 is 5.73 Å². The highest BCUT2D eigenvalue weighted by Crippen LogP contribution is 2.01. The van der Waals surface area contributed by atoms with Crippen LogP contribution in [-0.2, 0) is 6.42 Å². The average Bonchev–Trinajstić information content (AvgIpc) is 2.31. The zero-order valence-corrected chi connectivity index (χ0v) is 7.06. The zero-order valence-electron chi connectivity index (χ0n) is 5.47. The highest BCUT2D eigenvalue weighted by Gasteiger charge is 1.97. The van der Waals surface area contributed by atoms with E-state index in [1.165, 1.54) is 0 Å². The van der Waals surface area contributed by atoms with Crippen molar-refractivity contribution >= 4 is 15.9 Å². The maximum atomic E-state index is 5.31. The molecule has 1 aromatic rings. The molecular formula is C5H9BrN4. The molecule has 1 heterocycles. The number of nitrogens with two attached hydrogens (primary N) is 1. The lowest BCUT2D eigenvalue weighted by Gasteiger charge is -1.89. The van der Waals surface area contributed by atoms with Crippen LogP contribution >= 0.6 is 15.9 Å². The number of aromatic nitrogens is 3. The van der Waals surface area contributed by atoms with E-state index in [4.69, 9.17) is 5.73 Å². The van der Waals surface area contributed by atoms with E-state index in [0.29, 0.717) is 11.3 Å². The monoisotopic (exact) mass is 204 g/mol. The zero-order chi connectivity index (χ0) is 7.40. The lowest BCUT2D eigenvalue weighted by molar-refractivity contribution is 0.785. The van der Waals surface area contributed by atoms with Crippen LogP contribution in [0.2, 0.25) is 0 Å². The van der Waals surface area contributed by atoms with Crippen LogP contribution in [0.3, 0.4) is 0 Å². The van der Waals surface area contributed by atoms with Crippen LogP contribution in [0, 0.1) is 0 Å². The van der Waals surface area contributed by atoms with Gasteiger partial charge in [0.25, 0.3) is 0 Å². The molecule has 3 N–H and O–H groups in total. The largest absolute Gasteiger partial charge is 0.330 e. The molecule has 0 atom stereocenters. The summed E-state index contributed by atoms with van der Waals surface area (Å²) in [7, 11) is 0. The molecule has 10 heavy (non-hydrogen) atoms. The van der Waals surface area contributed by atoms with Crippen molar-refractivity contribution < 1.29 is 0 Å². The van der Waals surface area contributed by atoms with Crippen molar-refractivity contribution in [2.24, 2.45) is 5.73 Å². The van der Waals surface area contributed by atoms with Gasteiger partial charge >= 0.3 is 0 Å². The van der Waals surface area contributed by atoms with E-state index in [2.05, 4.69) is 31.1 Å². The Hall–Kier alpha value is -0.420. The van der Waals surface area contributed by atoms with Gasteiger partial charge in [0.15, 0.2) is 0 Å². The van der Waals surface area contributed by atoms with Gasteiger partial charge in [-0.1, -0.05) is 0 Å². The molecule has 5 heteroatoms. The third-order valence-corrected chi connectivity index (χ3v) is 1.48. The fourth-order valence-electron chi connectivity index (χ4n) is 0.653. The lowest BCUT2D eigenvalue weighted by atomic mass is 10.3. The van der Waals surface area contributed by atoms with Crippen molar-refractivity contribution in [2.45, 2.75) is 12.8 Å². The molecule has 4 nitrogen and oxygen atoms in total. The van der Waals surface area contributed by atoms with Crippen LogP contribution in [0.4, 0.5) is 0 Å². The van der Waals surface area contributed by atoms with E-state index in [1.807, 2.05) is 0 Å². The summed E-state index contributed by atoms with van der Waals surface area (Å²) in [6, 6.07) is 0. The molecule has 0 amide bonds. The summed E-state index contributed by atoms with van der Waals surface area (Å²) < 4.78 is 0.611. The summed E-state index contributed by atoms with van der Waals surface area (Å²) in [5, 5.41) is 6.59. The van der Waals surface area contributed by atoms with Crippen LogP contribution in [0.25, 0.3) is 0 Å². The average molecular weight is 205 g/mol. The highest BCUT2D eigenvalue weighted by molar-refractivity contribution is 9.10. The standard InChI is InChI=1S/C5H9BrN4/c6-5-8-4(9-10-5)2-1-3-7/h1-3,7H2,(H,8,9,10). The van der Waals surface area contributed by atoms with E-state index in [1.54, 1.807) is 0 Å². The van der Waals surface area contributed by atoms with Gasteiger partial charge in [0.05, 0.1) is 0 Å². The van der Waals surface area contributed by atoms with Gasteiger partial charge in [0.2, 0.25) is 4.73 Å². The number of H-pyrrole nitrogens is 1. The molecule has 0 saturated carbocycles. The number of hydrogen-bond donors (Lipinski definition) is 2. The van der Waals surface area contributed by atoms with Crippen LogP contribution < -0.4 is 5.73 Å². The summed E-state index contributed by atoms with van der Waals surface area (Å²) in [4.78, 5) is 4.04. The van der Waals surface area contributed by atoms with Crippen molar-refractivity contribution in [2.75, 3.05) is 6.54 Å². The maximum absolute atomic E-state index is 5.31. The molecule has 0 aromatic carbocycles. The molecule has 1 rings (SSSR count). The van der Waals surface area contributed by atoms with Gasteiger partial charge in [-0.3, -0.25) is 5.10 Å². The van der Waals surface area contributed by atoms with E-state index >= 15 is 0 Å². The highest BCUT2D eigenvalue weighted by atomic mass is 79.9. The minimum atomic E-state index is 0.611. The second-order valence-electron chi connectivity index (χ2n) is 1.94. The van der Waals surface area contributed by atoms with Gasteiger partial charge in [0, 0.05) is 6.42 Å². The molecule has 0 aliphatic heterocycles. The summed E-state index contributed by atoms with van der Waals surface area (Å²) in [5.74, 6) is 0.886. The summed E-state index contributed by atoms with van der Waals surface area (Å²) in [6.07, 6.45) is 1.82. The van der Waals surface area contributed by atoms with Crippen molar-refractivity contribution in [3.8, 4) is 0 Å². The number of rotatable bonds is 3. The Morgan fingerprint density at radius 2 is 2.40 bits per heavy atom. The minimum Gasteiger partial charge on any atom is -0.330 e. The topological polar surface area (TPSA) is 67.6 Å². The normalized spacial score (nSPS) is 10.2. The lowest BCUT2D eigenvalue weighted by Crippen LogP contribution is -2.01. The molecular weight excluding hydrogens is 196 g/mol. The first-order valence-electron chi connectivity index (χ1n) is 3.10. The van der Waals surface area contributed by atoms with Crippen molar-refractivity contribution in [1.82, 2.24) is 15.2 Å². The fraction of sp³-hybridized carbons (Fsp3) is 0.600.